The number of hydrogen-bond donors (Lipinski definition) is 16. The van der Waals surface area contributed by atoms with Gasteiger partial charge in [0.15, 0.2) is 34.7 Å². The van der Waals surface area contributed by atoms with Crippen LogP contribution in [-0.4, -0.2) is 207 Å². The number of carbonyl (C=O) groups excluding carboxylic acids is 13. The Morgan fingerprint density at radius 2 is 1.24 bits per heavy atom. The minimum Gasteiger partial charge on any atom is -0.494 e. The molecule has 6 rings (SSSR count). The average Bonchev–Trinajstić information content (AvgIpc) is 1.12. The number of Topliss-reactive ketones (excluding diaryl/α,β-unsaturated/α-hetero) is 5. The minimum atomic E-state index is -2.14. The Kier molecular flexibility index (Phi) is 45.6. The molecule has 20 N–H and O–H groups in total. The predicted molar refractivity (Wildman–Crippen MR) is 466 cm³/mol. The number of aliphatic hydroxyl groups is 3. The van der Waals surface area contributed by atoms with E-state index in [2.05, 4.69) is 62.5 Å². The molecule has 0 fully saturated rings. The lowest BCUT2D eigenvalue weighted by Gasteiger charge is -2.33. The fourth-order valence-electron chi connectivity index (χ4n) is 13.8. The van der Waals surface area contributed by atoms with Gasteiger partial charge in [0, 0.05) is 81.5 Å². The van der Waals surface area contributed by atoms with E-state index in [1.807, 2.05) is 69.3 Å². The van der Waals surface area contributed by atoms with Crippen molar-refractivity contribution in [3.8, 4) is 16.9 Å². The quantitative estimate of drug-likeness (QED) is 0.0243. The van der Waals surface area contributed by atoms with E-state index in [1.165, 1.54) is 44.6 Å². The van der Waals surface area contributed by atoms with Crippen LogP contribution in [0.2, 0.25) is 0 Å². The highest BCUT2D eigenvalue weighted by Gasteiger charge is 2.43. The molecule has 6 aromatic rings. The molecule has 0 aliphatic rings. The Morgan fingerprint density at radius 1 is 0.618 bits per heavy atom. The molecule has 674 valence electrons. The Morgan fingerprint density at radius 3 is 1.83 bits per heavy atom. The van der Waals surface area contributed by atoms with E-state index in [0.29, 0.717) is 49.4 Å². The highest BCUT2D eigenvalue weighted by Crippen LogP contribution is 2.33. The number of unbranched alkanes of at least 4 members (excludes halogenated alkanes) is 1. The zero-order valence-electron chi connectivity index (χ0n) is 70.1. The lowest BCUT2D eigenvalue weighted by molar-refractivity contribution is -0.142. The number of aromatic nitrogens is 6. The molecule has 2 heterocycles. The zero-order chi connectivity index (χ0) is 88.5. The Bertz CT molecular complexity index is 4510. The maximum Gasteiger partial charge on any atom is 0.305 e. The van der Waals surface area contributed by atoms with Gasteiger partial charge in [0.05, 0.1) is 73.7 Å². The van der Waals surface area contributed by atoms with Gasteiger partial charge in [-0.3, -0.25) is 67.1 Å². The first-order valence-corrected chi connectivity index (χ1v) is 39.9. The van der Waals surface area contributed by atoms with Gasteiger partial charge in [-0.2, -0.15) is 45.7 Å². The number of nitrogens with one attached hydrogen (secondary N) is 8. The van der Waals surface area contributed by atoms with Gasteiger partial charge in [0.2, 0.25) is 47.3 Å². The van der Waals surface area contributed by atoms with Crippen molar-refractivity contribution in [2.45, 2.75) is 225 Å². The van der Waals surface area contributed by atoms with Gasteiger partial charge in [0.1, 0.15) is 29.7 Å². The second-order valence-electron chi connectivity index (χ2n) is 30.9. The number of rotatable bonds is 55. The number of carbonyl (C=O) groups is 14. The normalized spacial score (nSPS) is 14.5. The van der Waals surface area contributed by atoms with Gasteiger partial charge >= 0.3 is 5.97 Å². The number of aryl methyl sites for hydroxylation is 4. The smallest absolute Gasteiger partial charge is 0.305 e. The summed E-state index contributed by atoms with van der Waals surface area (Å²) in [6.45, 7) is 10.6. The number of nitrogens with zero attached hydrogens (tertiary/aromatic N) is 4. The van der Waals surface area contributed by atoms with E-state index in [1.54, 1.807) is 12.1 Å². The molecule has 39 heteroatoms. The molecule has 2 aromatic heterocycles. The van der Waals surface area contributed by atoms with Crippen LogP contribution >= 0.6 is 40.5 Å². The number of nitrogens with two attached hydrogens (primary N) is 4. The minimum absolute atomic E-state index is 0. The van der Waals surface area contributed by atoms with Gasteiger partial charge in [0.25, 0.3) is 0 Å². The first-order chi connectivity index (χ1) is 56.9. The number of halogens is 1. The van der Waals surface area contributed by atoms with Gasteiger partial charge in [-0.25, -0.2) is 9.37 Å². The van der Waals surface area contributed by atoms with Crippen LogP contribution in [0.3, 0.4) is 0 Å². The van der Waals surface area contributed by atoms with E-state index in [0.717, 1.165) is 66.1 Å². The summed E-state index contributed by atoms with van der Waals surface area (Å²) in [5.41, 5.74) is 27.2. The topological polar surface area (TPSA) is 589 Å². The number of aliphatic hydroxyl groups excluding tert-OH is 3. The fourth-order valence-corrected chi connectivity index (χ4v) is 13.8. The van der Waals surface area contributed by atoms with Crippen molar-refractivity contribution >= 4 is 123 Å². The lowest BCUT2D eigenvalue weighted by Crippen LogP contribution is -2.55. The molecule has 0 radical (unpaired) electrons. The number of aliphatic carboxylic acids is 1. The molecule has 0 saturated heterocycles. The largest absolute Gasteiger partial charge is 0.494 e. The molecule has 0 aliphatic carbocycles. The number of aromatic amines is 2. The zero-order valence-corrected chi connectivity index (χ0v) is 73.1. The fraction of sp³-hybridized carbons (Fsp3) is 0.500. The van der Waals surface area contributed by atoms with Crippen LogP contribution in [0, 0.1) is 42.8 Å². The highest BCUT2D eigenvalue weighted by molar-refractivity contribution is 7.59. The summed E-state index contributed by atoms with van der Waals surface area (Å²) < 4.78 is 21.6. The number of tetrazole rings is 1. The van der Waals surface area contributed by atoms with Crippen molar-refractivity contribution < 1.29 is 96.7 Å². The maximum atomic E-state index is 15.6. The number of amides is 8. The van der Waals surface area contributed by atoms with Crippen LogP contribution in [0.5, 0.6) is 5.75 Å². The number of hydrogen-bond acceptors (Lipinski definition) is 24. The third-order valence-electron chi connectivity index (χ3n) is 20.6. The molecular weight excluding hydrogens is 1650 g/mol. The van der Waals surface area contributed by atoms with E-state index in [9.17, 15) is 87.5 Å². The molecule has 13 atom stereocenters. The summed E-state index contributed by atoms with van der Waals surface area (Å²) in [5, 5.41) is 71.5. The molecular formula is C84H119FN16O19S3. The van der Waals surface area contributed by atoms with Crippen molar-refractivity contribution in [2.24, 2.45) is 46.1 Å². The number of primary amides is 2. The Balaban J connectivity index is 0.0000130. The number of ketones is 5. The highest BCUT2D eigenvalue weighted by atomic mass is 32.1. The molecule has 8 amide bonds. The monoisotopic (exact) mass is 1770 g/mol. The second kappa shape index (κ2) is 52.7. The van der Waals surface area contributed by atoms with E-state index < -0.39 is 224 Å². The van der Waals surface area contributed by atoms with Gasteiger partial charge < -0.3 is 85.0 Å². The van der Waals surface area contributed by atoms with E-state index >= 15 is 4.39 Å². The van der Waals surface area contributed by atoms with Gasteiger partial charge in [-0.05, 0) is 144 Å². The van der Waals surface area contributed by atoms with E-state index in [4.69, 9.17) is 27.7 Å². The molecule has 0 aliphatic heterocycles. The Hall–Kier alpha value is -10.7. The first kappa shape index (κ1) is 107. The van der Waals surface area contributed by atoms with Crippen molar-refractivity contribution in [2.75, 3.05) is 19.8 Å². The lowest BCUT2D eigenvalue weighted by atomic mass is 9.76. The van der Waals surface area contributed by atoms with Crippen LogP contribution in [0.4, 0.5) is 4.39 Å². The molecule has 4 aromatic carbocycles. The number of benzene rings is 4. The first-order valence-electron chi connectivity index (χ1n) is 39.9. The van der Waals surface area contributed by atoms with Crippen LogP contribution in [0.1, 0.15) is 163 Å². The van der Waals surface area contributed by atoms with Crippen molar-refractivity contribution in [3.63, 3.8) is 0 Å². The Labute approximate surface area is 733 Å². The summed E-state index contributed by atoms with van der Waals surface area (Å²) in [4.78, 5) is 200. The van der Waals surface area contributed by atoms with Crippen LogP contribution < -0.4 is 59.6 Å². The molecule has 123 heavy (non-hydrogen) atoms. The number of imidazole rings is 1. The summed E-state index contributed by atoms with van der Waals surface area (Å²) >= 11 is 0. The van der Waals surface area contributed by atoms with Crippen molar-refractivity contribution in [3.05, 3.63) is 148 Å². The van der Waals surface area contributed by atoms with Crippen LogP contribution in [0.15, 0.2) is 97.5 Å². The summed E-state index contributed by atoms with van der Waals surface area (Å²) in [5.74, 6) is -18.1. The number of carboxylic acid groups (broad SMARTS) is 1. The average molecular weight is 1770 g/mol. The number of ether oxygens (including phenoxy) is 1. The molecule has 35 nitrogen and oxygen atoms in total. The van der Waals surface area contributed by atoms with Crippen molar-refractivity contribution in [1.29, 1.82) is 0 Å². The number of H-pyrrole nitrogens is 2. The summed E-state index contributed by atoms with van der Waals surface area (Å²) in [6.07, 6.45) is -4.59. The standard InChI is InChI=1S/C84H113FN16O19.3H2S/c1-8-53-35-59(120-29-12-11-28-86)22-23-60(53)54-20-18-51(19-21-54)34-56(80(116)92-63(78(89)114)17-13-14-52-31-46(2)30-47(3)32-52)36-69(107)66(40-75(112)113)94-81(117)57(44-102)37-70(108)76(49(5)103)97-83(119)84(7,41-55-15-9-10-16-61(55)85)42-71(109)77(50(6)104)96-74(111)27-25-67(105)65(39-73-98-100-101-99-73)93-79(115)48(4)33-68(106)64(38-58-43-90-45-91-58)95-82(118)62(87)24-26-72(88)110;;;/h9-10,15-16,18-23,30-32,35,43,45,48-50,56-57,62-66,76-77,102-104H,8,11-14,17,24-29,33-34,36-42,44,86-87H2,1-7H3,(H2,88,110)(H2,89,114)(H,90,91)(H,92,116)(H,93,115)(H,94,117)(H,95,118)(H,96,111)(H,97,119)(H,112,113)(H,98,99,100,101);3*1H2/t48-,49-,50-,56-,57+,62+,63+,64+,65+,66+,76+,77+,84-;;;/m1.../s1. The number of carboxylic acids is 1. The SMILES string of the molecule is CCc1cc(OCCCCN)ccc1-c1ccc(C[C@H](CC(=O)[C@H](CC(=O)O)NC(=O)[C@H](CO)CC(=O)[C@@H](NC(=O)[C@@](C)(CC(=O)[C@@H](NC(=O)CCC(=O)[C@H](Cc2nn[nH]n2)NC(=O)[C@H](C)CC(=O)[C@H](Cc2cnc[nH]2)NC(=O)[C@@H](N)CCC(N)=O)[C@@H](C)O)Cc2ccccc2F)[C@@H](C)O)C(=O)N[C@@H](CCCc2cc(C)cc(C)c2)C(N)=O)cc1.S.S.S. The second-order valence-corrected chi connectivity index (χ2v) is 30.9. The summed E-state index contributed by atoms with van der Waals surface area (Å²) in [7, 11) is 0. The molecule has 0 unspecified atom stereocenters. The molecule has 0 spiro atoms. The third kappa shape index (κ3) is 34.9. The van der Waals surface area contributed by atoms with Crippen LogP contribution in [0.25, 0.3) is 11.1 Å². The predicted octanol–water partition coefficient (Wildman–Crippen LogP) is 1.93. The van der Waals surface area contributed by atoms with Gasteiger partial charge in [-0.15, -0.1) is 10.2 Å². The van der Waals surface area contributed by atoms with Gasteiger partial charge in [-0.1, -0.05) is 104 Å². The maximum absolute atomic E-state index is 15.6. The molecule has 0 bridgehead atoms. The van der Waals surface area contributed by atoms with Crippen LogP contribution in [-0.2, 0) is 106 Å². The van der Waals surface area contributed by atoms with Crippen molar-refractivity contribution in [1.82, 2.24) is 62.5 Å². The third-order valence-corrected chi connectivity index (χ3v) is 20.6. The summed E-state index contributed by atoms with van der Waals surface area (Å²) in [6, 6.07) is 13.2. The molecule has 0 saturated carbocycles. The van der Waals surface area contributed by atoms with E-state index in [-0.39, 0.29) is 90.4 Å².